The van der Waals surface area contributed by atoms with Crippen LogP contribution in [0.2, 0.25) is 0 Å². The summed E-state index contributed by atoms with van der Waals surface area (Å²) in [6.45, 7) is 3.02. The van der Waals surface area contributed by atoms with E-state index < -0.39 is 9.70 Å². The van der Waals surface area contributed by atoms with E-state index in [-0.39, 0.29) is 12.5 Å². The van der Waals surface area contributed by atoms with Crippen LogP contribution in [0, 0.1) is 6.92 Å². The number of halogens is 3. The highest BCUT2D eigenvalue weighted by Gasteiger charge is 2.31. The minimum Gasteiger partial charge on any atom is -0.494 e. The highest BCUT2D eigenvalue weighted by molar-refractivity contribution is 6.76. The third-order valence-corrected chi connectivity index (χ3v) is 4.97. The lowest BCUT2D eigenvalue weighted by Gasteiger charge is -2.30. The number of anilines is 2. The van der Waals surface area contributed by atoms with Gasteiger partial charge in [0.05, 0.1) is 12.3 Å². The quantitative estimate of drug-likeness (QED) is 0.461. The van der Waals surface area contributed by atoms with Crippen LogP contribution in [0.1, 0.15) is 18.4 Å². The van der Waals surface area contributed by atoms with Crippen molar-refractivity contribution < 1.29 is 19.1 Å². The van der Waals surface area contributed by atoms with Gasteiger partial charge in [-0.2, -0.15) is 0 Å². The number of aryl methyl sites for hydroxylation is 1. The van der Waals surface area contributed by atoms with E-state index in [0.29, 0.717) is 30.3 Å². The number of nitrogens with zero attached hydrogens (tertiary/aromatic N) is 1. The molecule has 0 fully saturated rings. The highest BCUT2D eigenvalue weighted by atomic mass is 35.6. The van der Waals surface area contributed by atoms with Crippen LogP contribution in [0.3, 0.4) is 0 Å². The molecule has 0 aromatic heterocycles. The molecule has 0 saturated carbocycles. The Kier molecular flexibility index (Phi) is 7.34. The van der Waals surface area contributed by atoms with Crippen molar-refractivity contribution in [2.45, 2.75) is 23.6 Å². The second-order valence-corrected chi connectivity index (χ2v) is 9.12. The Morgan fingerprint density at radius 1 is 1.20 bits per heavy atom. The van der Waals surface area contributed by atoms with Gasteiger partial charge in [0.2, 0.25) is 0 Å². The van der Waals surface area contributed by atoms with Gasteiger partial charge < -0.3 is 19.7 Å². The van der Waals surface area contributed by atoms with Crippen molar-refractivity contribution >= 4 is 58.0 Å². The number of nitrogens with one attached hydrogen (secondary N) is 1. The molecule has 3 rings (SSSR count). The number of benzene rings is 2. The molecule has 2 amide bonds. The summed E-state index contributed by atoms with van der Waals surface area (Å²) < 4.78 is 9.15. The zero-order valence-electron chi connectivity index (χ0n) is 16.3. The molecule has 0 radical (unpaired) electrons. The minimum atomic E-state index is -2.08. The fraction of sp³-hybridized carbons (Fsp3) is 0.333. The Hall–Kier alpha value is -2.15. The van der Waals surface area contributed by atoms with Gasteiger partial charge in [0.15, 0.2) is 6.61 Å². The summed E-state index contributed by atoms with van der Waals surface area (Å²) in [6.07, 6.45) is 1.51. The Morgan fingerprint density at radius 2 is 2.00 bits per heavy atom. The lowest BCUT2D eigenvalue weighted by molar-refractivity contribution is -0.121. The largest absolute Gasteiger partial charge is 0.494 e. The van der Waals surface area contributed by atoms with Gasteiger partial charge in [0, 0.05) is 12.2 Å². The zero-order valence-corrected chi connectivity index (χ0v) is 18.6. The Morgan fingerprint density at radius 3 is 2.73 bits per heavy atom. The van der Waals surface area contributed by atoms with Gasteiger partial charge in [0.1, 0.15) is 11.5 Å². The highest BCUT2D eigenvalue weighted by Crippen LogP contribution is 2.36. The fourth-order valence-electron chi connectivity index (χ4n) is 2.99. The van der Waals surface area contributed by atoms with Gasteiger partial charge in [0.25, 0.3) is 15.6 Å². The SMILES string of the molecule is Cc1cccc(OCCCCN2C(=O)COc3ccc(NC(=O)C(Cl)(Cl)Cl)cc32)c1. The molecule has 1 aliphatic rings. The number of fused-ring (bicyclic) bond motifs is 1. The molecule has 0 aliphatic carbocycles. The Bertz CT molecular complexity index is 931. The molecule has 0 saturated heterocycles. The predicted octanol–water partition coefficient (Wildman–Crippen LogP) is 4.89. The number of alkyl halides is 3. The molecule has 160 valence electrons. The van der Waals surface area contributed by atoms with Crippen LogP contribution in [0.15, 0.2) is 42.5 Å². The van der Waals surface area contributed by atoms with E-state index in [1.54, 1.807) is 23.1 Å². The van der Waals surface area contributed by atoms with E-state index in [9.17, 15) is 9.59 Å². The normalized spacial score (nSPS) is 13.5. The van der Waals surface area contributed by atoms with Crippen LogP contribution < -0.4 is 19.7 Å². The standard InChI is InChI=1S/C21H21Cl3N2O4/c1-14-5-4-6-16(11-14)29-10-3-2-9-26-17-12-15(25-20(28)21(22,23)24)7-8-18(17)30-13-19(26)27/h4-8,11-12H,2-3,9-10,13H2,1H3,(H,25,28). The molecule has 0 atom stereocenters. The molecule has 1 heterocycles. The molecule has 0 spiro atoms. The number of rotatable bonds is 7. The number of hydrogen-bond acceptors (Lipinski definition) is 4. The van der Waals surface area contributed by atoms with E-state index >= 15 is 0 Å². The molecule has 1 N–H and O–H groups in total. The lowest BCUT2D eigenvalue weighted by Crippen LogP contribution is -2.39. The van der Waals surface area contributed by atoms with Crippen LogP contribution in [-0.4, -0.2) is 35.4 Å². The molecule has 9 heteroatoms. The molecular weight excluding hydrogens is 451 g/mol. The average molecular weight is 472 g/mol. The number of ether oxygens (including phenoxy) is 2. The monoisotopic (exact) mass is 470 g/mol. The van der Waals surface area contributed by atoms with Crippen LogP contribution >= 0.6 is 34.8 Å². The van der Waals surface area contributed by atoms with Gasteiger partial charge >= 0.3 is 0 Å². The summed E-state index contributed by atoms with van der Waals surface area (Å²) >= 11 is 16.8. The van der Waals surface area contributed by atoms with Crippen LogP contribution in [-0.2, 0) is 9.59 Å². The van der Waals surface area contributed by atoms with Crippen molar-refractivity contribution in [3.63, 3.8) is 0 Å². The van der Waals surface area contributed by atoms with Crippen molar-refractivity contribution in [1.82, 2.24) is 0 Å². The summed E-state index contributed by atoms with van der Waals surface area (Å²) in [4.78, 5) is 25.9. The van der Waals surface area contributed by atoms with E-state index in [2.05, 4.69) is 5.32 Å². The summed E-state index contributed by atoms with van der Waals surface area (Å²) in [6, 6.07) is 12.8. The maximum absolute atomic E-state index is 12.4. The number of unbranched alkanes of at least 4 members (excludes halogenated alkanes) is 1. The number of amides is 2. The summed E-state index contributed by atoms with van der Waals surface area (Å²) in [5.74, 6) is 0.442. The van der Waals surface area contributed by atoms with Crippen LogP contribution in [0.4, 0.5) is 11.4 Å². The van der Waals surface area contributed by atoms with Crippen LogP contribution in [0.25, 0.3) is 0 Å². The summed E-state index contributed by atoms with van der Waals surface area (Å²) in [5, 5.41) is 2.52. The number of carbonyl (C=O) groups excluding carboxylic acids is 2. The average Bonchev–Trinajstić information content (AvgIpc) is 2.68. The van der Waals surface area contributed by atoms with E-state index in [1.807, 2.05) is 31.2 Å². The molecular formula is C21H21Cl3N2O4. The molecule has 0 unspecified atom stereocenters. The first-order chi connectivity index (χ1) is 14.2. The molecule has 1 aliphatic heterocycles. The smallest absolute Gasteiger partial charge is 0.276 e. The van der Waals surface area contributed by atoms with Gasteiger partial charge in [-0.25, -0.2) is 0 Å². The van der Waals surface area contributed by atoms with Gasteiger partial charge in [-0.05, 0) is 55.7 Å². The maximum Gasteiger partial charge on any atom is 0.276 e. The van der Waals surface area contributed by atoms with E-state index in [1.165, 1.54) is 0 Å². The van der Waals surface area contributed by atoms with Crippen molar-refractivity contribution in [1.29, 1.82) is 0 Å². The Balaban J connectivity index is 1.59. The first kappa shape index (κ1) is 22.5. The first-order valence-electron chi connectivity index (χ1n) is 9.39. The lowest BCUT2D eigenvalue weighted by atomic mass is 10.2. The molecule has 6 nitrogen and oxygen atoms in total. The topological polar surface area (TPSA) is 67.9 Å². The van der Waals surface area contributed by atoms with Crippen molar-refractivity contribution in [2.24, 2.45) is 0 Å². The minimum absolute atomic E-state index is 0.0351. The summed E-state index contributed by atoms with van der Waals surface area (Å²) in [7, 11) is 0. The number of hydrogen-bond donors (Lipinski definition) is 1. The molecule has 2 aromatic carbocycles. The third-order valence-electron chi connectivity index (χ3n) is 4.45. The zero-order chi connectivity index (χ0) is 21.7. The fourth-order valence-corrected chi connectivity index (χ4v) is 3.14. The van der Waals surface area contributed by atoms with E-state index in [0.717, 1.165) is 24.2 Å². The van der Waals surface area contributed by atoms with Crippen molar-refractivity contribution in [3.05, 3.63) is 48.0 Å². The Labute approximate surface area is 190 Å². The first-order valence-corrected chi connectivity index (χ1v) is 10.5. The van der Waals surface area contributed by atoms with Gasteiger partial charge in [-0.3, -0.25) is 9.59 Å². The second kappa shape index (κ2) is 9.77. The van der Waals surface area contributed by atoms with Crippen LogP contribution in [0.5, 0.6) is 11.5 Å². The summed E-state index contributed by atoms with van der Waals surface area (Å²) in [5.41, 5.74) is 2.10. The molecule has 30 heavy (non-hydrogen) atoms. The predicted molar refractivity (Wildman–Crippen MR) is 119 cm³/mol. The van der Waals surface area contributed by atoms with Crippen molar-refractivity contribution in [2.75, 3.05) is 30.0 Å². The van der Waals surface area contributed by atoms with Gasteiger partial charge in [-0.1, -0.05) is 46.9 Å². The molecule has 0 bridgehead atoms. The van der Waals surface area contributed by atoms with E-state index in [4.69, 9.17) is 44.3 Å². The van der Waals surface area contributed by atoms with Gasteiger partial charge in [-0.15, -0.1) is 0 Å². The maximum atomic E-state index is 12.4. The second-order valence-electron chi connectivity index (χ2n) is 6.84. The number of carbonyl (C=O) groups is 2. The van der Waals surface area contributed by atoms with Crippen molar-refractivity contribution in [3.8, 4) is 11.5 Å². The molecule has 2 aromatic rings. The third kappa shape index (κ3) is 5.94.